The number of hydrogen-bond donors (Lipinski definition) is 1. The highest BCUT2D eigenvalue weighted by molar-refractivity contribution is 7.20. The van der Waals surface area contributed by atoms with Crippen molar-refractivity contribution < 1.29 is 4.79 Å². The lowest BCUT2D eigenvalue weighted by molar-refractivity contribution is 0.0942. The van der Waals surface area contributed by atoms with E-state index in [9.17, 15) is 4.79 Å². The summed E-state index contributed by atoms with van der Waals surface area (Å²) in [6.07, 6.45) is 1.02. The molecule has 2 aromatic rings. The number of fused-ring (bicyclic) bond motifs is 1. The number of likely N-dealkylation sites (tertiary alicyclic amines) is 1. The summed E-state index contributed by atoms with van der Waals surface area (Å²) in [6.45, 7) is 1.97. The monoisotopic (exact) mass is 294 g/mol. The van der Waals surface area contributed by atoms with Crippen molar-refractivity contribution in [2.24, 2.45) is 0 Å². The smallest absolute Gasteiger partial charge is 0.261 e. The van der Waals surface area contributed by atoms with Gasteiger partial charge in [0.25, 0.3) is 5.91 Å². The van der Waals surface area contributed by atoms with E-state index in [0.29, 0.717) is 5.02 Å². The number of likely N-dealkylation sites (N-methyl/N-ethyl adjacent to an activating group) is 1. The molecule has 5 heteroatoms. The molecule has 2 heterocycles. The molecule has 0 aliphatic carbocycles. The lowest BCUT2D eigenvalue weighted by atomic mass is 10.2. The van der Waals surface area contributed by atoms with E-state index < -0.39 is 0 Å². The maximum absolute atomic E-state index is 12.2. The number of rotatable bonds is 2. The molecule has 1 amide bonds. The highest BCUT2D eigenvalue weighted by Crippen LogP contribution is 2.31. The van der Waals surface area contributed by atoms with E-state index in [-0.39, 0.29) is 11.9 Å². The second-order valence-electron chi connectivity index (χ2n) is 4.98. The van der Waals surface area contributed by atoms with Crippen molar-refractivity contribution in [3.05, 3.63) is 34.2 Å². The molecule has 1 unspecified atom stereocenters. The number of carbonyl (C=O) groups is 1. The predicted octanol–water partition coefficient (Wildman–Crippen LogP) is 2.99. The quantitative estimate of drug-likeness (QED) is 0.923. The maximum atomic E-state index is 12.2. The number of nitrogens with one attached hydrogen (secondary N) is 1. The van der Waals surface area contributed by atoms with Gasteiger partial charge >= 0.3 is 0 Å². The summed E-state index contributed by atoms with van der Waals surface area (Å²) in [5, 5.41) is 4.76. The van der Waals surface area contributed by atoms with Crippen molar-refractivity contribution in [3.8, 4) is 0 Å². The molecule has 0 bridgehead atoms. The molecule has 3 rings (SSSR count). The molecule has 1 aliphatic heterocycles. The molecular formula is C14H15ClN2OS. The zero-order chi connectivity index (χ0) is 13.4. The standard InChI is InChI=1S/C14H15ClN2OS/c1-17-6-5-9(8-17)16-14(18)13-7-10-11(15)3-2-4-12(10)19-13/h2-4,7,9H,5-6,8H2,1H3,(H,16,18). The van der Waals surface area contributed by atoms with Gasteiger partial charge in [0.15, 0.2) is 0 Å². The zero-order valence-corrected chi connectivity index (χ0v) is 12.2. The van der Waals surface area contributed by atoms with Crippen molar-refractivity contribution in [1.82, 2.24) is 10.2 Å². The van der Waals surface area contributed by atoms with E-state index in [1.54, 1.807) is 0 Å². The minimum absolute atomic E-state index is 0.0116. The third kappa shape index (κ3) is 2.61. The van der Waals surface area contributed by atoms with Crippen molar-refractivity contribution in [2.75, 3.05) is 20.1 Å². The van der Waals surface area contributed by atoms with Crippen LogP contribution in [0.4, 0.5) is 0 Å². The van der Waals surface area contributed by atoms with E-state index >= 15 is 0 Å². The van der Waals surface area contributed by atoms with Gasteiger partial charge in [-0.15, -0.1) is 11.3 Å². The van der Waals surface area contributed by atoms with Gasteiger partial charge in [-0.05, 0) is 38.2 Å². The molecule has 1 atom stereocenters. The molecular weight excluding hydrogens is 280 g/mol. The number of hydrogen-bond acceptors (Lipinski definition) is 3. The molecule has 1 fully saturated rings. The van der Waals surface area contributed by atoms with Crippen molar-refractivity contribution in [2.45, 2.75) is 12.5 Å². The Kier molecular flexibility index (Phi) is 3.48. The largest absolute Gasteiger partial charge is 0.347 e. The molecule has 19 heavy (non-hydrogen) atoms. The molecule has 1 N–H and O–H groups in total. The Hall–Kier alpha value is -1.10. The fourth-order valence-corrected chi connectivity index (χ4v) is 3.72. The van der Waals surface area contributed by atoms with E-state index in [1.165, 1.54) is 11.3 Å². The number of halogens is 1. The van der Waals surface area contributed by atoms with E-state index in [1.807, 2.05) is 24.3 Å². The highest BCUT2D eigenvalue weighted by Gasteiger charge is 2.22. The summed E-state index contributed by atoms with van der Waals surface area (Å²) in [6, 6.07) is 7.90. The van der Waals surface area contributed by atoms with Crippen LogP contribution in [0, 0.1) is 0 Å². The average Bonchev–Trinajstić information content (AvgIpc) is 2.96. The number of nitrogens with zero attached hydrogens (tertiary/aromatic N) is 1. The Morgan fingerprint density at radius 3 is 3.05 bits per heavy atom. The zero-order valence-electron chi connectivity index (χ0n) is 10.6. The van der Waals surface area contributed by atoms with Gasteiger partial charge in [0.05, 0.1) is 4.88 Å². The fraction of sp³-hybridized carbons (Fsp3) is 0.357. The summed E-state index contributed by atoms with van der Waals surface area (Å²) >= 11 is 7.63. The van der Waals surface area contributed by atoms with E-state index in [0.717, 1.165) is 34.5 Å². The van der Waals surface area contributed by atoms with Crippen LogP contribution < -0.4 is 5.32 Å². The third-order valence-electron chi connectivity index (χ3n) is 3.46. The normalized spacial score (nSPS) is 20.0. The molecule has 0 spiro atoms. The van der Waals surface area contributed by atoms with Crippen LogP contribution in [0.15, 0.2) is 24.3 Å². The van der Waals surface area contributed by atoms with Crippen molar-refractivity contribution in [3.63, 3.8) is 0 Å². The third-order valence-corrected chi connectivity index (χ3v) is 4.89. The molecule has 1 aliphatic rings. The number of benzene rings is 1. The number of amides is 1. The molecule has 1 saturated heterocycles. The van der Waals surface area contributed by atoms with Gasteiger partial charge in [-0.25, -0.2) is 0 Å². The molecule has 0 saturated carbocycles. The van der Waals surface area contributed by atoms with E-state index in [4.69, 9.17) is 11.6 Å². The van der Waals surface area contributed by atoms with Crippen LogP contribution in [-0.4, -0.2) is 37.0 Å². The first-order chi connectivity index (χ1) is 9.13. The van der Waals surface area contributed by atoms with Crippen LogP contribution in [0.1, 0.15) is 16.1 Å². The Morgan fingerprint density at radius 1 is 1.53 bits per heavy atom. The van der Waals surface area contributed by atoms with Gasteiger partial charge in [-0.1, -0.05) is 17.7 Å². The Bertz CT molecular complexity index is 625. The summed E-state index contributed by atoms with van der Waals surface area (Å²) in [5.74, 6) is 0.0116. The lowest BCUT2D eigenvalue weighted by Gasteiger charge is -2.11. The van der Waals surface area contributed by atoms with Crippen LogP contribution in [0.3, 0.4) is 0 Å². The van der Waals surface area contributed by atoms with Crippen molar-refractivity contribution in [1.29, 1.82) is 0 Å². The maximum Gasteiger partial charge on any atom is 0.261 e. The van der Waals surface area contributed by atoms with Gasteiger partial charge < -0.3 is 10.2 Å². The van der Waals surface area contributed by atoms with Gasteiger partial charge in [-0.3, -0.25) is 4.79 Å². The minimum Gasteiger partial charge on any atom is -0.347 e. The first kappa shape index (κ1) is 12.9. The Balaban J connectivity index is 1.80. The second-order valence-corrected chi connectivity index (χ2v) is 6.47. The lowest BCUT2D eigenvalue weighted by Crippen LogP contribution is -2.36. The molecule has 1 aromatic heterocycles. The second kappa shape index (κ2) is 5.12. The molecule has 1 aromatic carbocycles. The van der Waals surface area contributed by atoms with Crippen LogP contribution in [0.2, 0.25) is 5.02 Å². The van der Waals surface area contributed by atoms with Crippen LogP contribution >= 0.6 is 22.9 Å². The molecule has 0 radical (unpaired) electrons. The first-order valence-corrected chi connectivity index (χ1v) is 7.50. The highest BCUT2D eigenvalue weighted by atomic mass is 35.5. The van der Waals surface area contributed by atoms with Crippen molar-refractivity contribution >= 4 is 38.9 Å². The van der Waals surface area contributed by atoms with Crippen LogP contribution in [0.5, 0.6) is 0 Å². The fourth-order valence-electron chi connectivity index (χ4n) is 2.45. The summed E-state index contributed by atoms with van der Waals surface area (Å²) < 4.78 is 1.06. The van der Waals surface area contributed by atoms with Gasteiger partial charge in [0.1, 0.15) is 0 Å². The minimum atomic E-state index is 0.0116. The number of thiophene rings is 1. The average molecular weight is 295 g/mol. The molecule has 100 valence electrons. The Morgan fingerprint density at radius 2 is 2.37 bits per heavy atom. The van der Waals surface area contributed by atoms with Gasteiger partial charge in [0.2, 0.25) is 0 Å². The summed E-state index contributed by atoms with van der Waals surface area (Å²) in [4.78, 5) is 15.2. The van der Waals surface area contributed by atoms with Crippen LogP contribution in [0.25, 0.3) is 10.1 Å². The Labute approximate surface area is 121 Å². The van der Waals surface area contributed by atoms with Crippen LogP contribution in [-0.2, 0) is 0 Å². The first-order valence-electron chi connectivity index (χ1n) is 6.31. The number of carbonyl (C=O) groups excluding carboxylic acids is 1. The topological polar surface area (TPSA) is 32.3 Å². The van der Waals surface area contributed by atoms with E-state index in [2.05, 4.69) is 17.3 Å². The summed E-state index contributed by atoms with van der Waals surface area (Å²) in [5.41, 5.74) is 0. The summed E-state index contributed by atoms with van der Waals surface area (Å²) in [7, 11) is 2.07. The van der Waals surface area contributed by atoms with Gasteiger partial charge in [-0.2, -0.15) is 0 Å². The SMILES string of the molecule is CN1CCC(NC(=O)c2cc3c(Cl)cccc3s2)C1. The molecule has 3 nitrogen and oxygen atoms in total. The van der Waals surface area contributed by atoms with Gasteiger partial charge in [0, 0.05) is 27.7 Å². The predicted molar refractivity (Wildman–Crippen MR) is 80.2 cm³/mol.